The van der Waals surface area contributed by atoms with Gasteiger partial charge in [0.1, 0.15) is 0 Å². The summed E-state index contributed by atoms with van der Waals surface area (Å²) in [5.74, 6) is 0.194. The molecule has 0 radical (unpaired) electrons. The van der Waals surface area contributed by atoms with Gasteiger partial charge >= 0.3 is 0 Å². The van der Waals surface area contributed by atoms with E-state index >= 15 is 0 Å². The summed E-state index contributed by atoms with van der Waals surface area (Å²) in [5.41, 5.74) is 3.18. The summed E-state index contributed by atoms with van der Waals surface area (Å²) in [7, 11) is 0. The minimum absolute atomic E-state index is 0.0334. The molecule has 36 heavy (non-hydrogen) atoms. The molecule has 0 saturated heterocycles. The van der Waals surface area contributed by atoms with Crippen molar-refractivity contribution in [1.82, 2.24) is 4.57 Å². The quantitative estimate of drug-likeness (QED) is 0.255. The zero-order valence-electron chi connectivity index (χ0n) is 19.3. The number of hydrogen-bond donors (Lipinski definition) is 1. The van der Waals surface area contributed by atoms with Crippen molar-refractivity contribution in [3.8, 4) is 0 Å². The molecule has 1 N–H and O–H groups in total. The molecule has 0 unspecified atom stereocenters. The van der Waals surface area contributed by atoms with Gasteiger partial charge in [0, 0.05) is 26.9 Å². The molecule has 1 aromatic heterocycles. The standard InChI is InChI=1S/C31H22N2O2S/c34-30(33-28-11-5-3-9-26(28)27-10-4-6-12-29(27)33)20-36-25-17-15-24(16-18-25)32-31(35)23-14-13-21-7-1-2-8-22(21)19-23/h1-19H,20H2,(H,32,35). The van der Waals surface area contributed by atoms with Crippen LogP contribution in [0.2, 0.25) is 0 Å². The Morgan fingerprint density at radius 2 is 1.28 bits per heavy atom. The number of anilines is 1. The van der Waals surface area contributed by atoms with E-state index in [9.17, 15) is 9.59 Å². The smallest absolute Gasteiger partial charge is 0.255 e. The van der Waals surface area contributed by atoms with Crippen LogP contribution in [-0.2, 0) is 0 Å². The summed E-state index contributed by atoms with van der Waals surface area (Å²) in [5, 5.41) is 7.26. The molecule has 5 heteroatoms. The monoisotopic (exact) mass is 486 g/mol. The highest BCUT2D eigenvalue weighted by Crippen LogP contribution is 2.30. The predicted octanol–water partition coefficient (Wildman–Crippen LogP) is 7.63. The number of rotatable bonds is 5. The molecule has 0 spiro atoms. The maximum absolute atomic E-state index is 13.3. The Bertz CT molecular complexity index is 1700. The van der Waals surface area contributed by atoms with Gasteiger partial charge in [0.05, 0.1) is 16.8 Å². The number of para-hydroxylation sites is 2. The maximum atomic E-state index is 13.3. The van der Waals surface area contributed by atoms with E-state index in [4.69, 9.17) is 0 Å². The zero-order chi connectivity index (χ0) is 24.5. The molecule has 4 nitrogen and oxygen atoms in total. The van der Waals surface area contributed by atoms with Crippen LogP contribution in [0.15, 0.2) is 120 Å². The van der Waals surface area contributed by atoms with E-state index in [0.29, 0.717) is 17.0 Å². The van der Waals surface area contributed by atoms with Gasteiger partial charge in [-0.2, -0.15) is 0 Å². The number of hydrogen-bond acceptors (Lipinski definition) is 3. The van der Waals surface area contributed by atoms with E-state index < -0.39 is 0 Å². The lowest BCUT2D eigenvalue weighted by molar-refractivity contribution is 0.0950. The average Bonchev–Trinajstić information content (AvgIpc) is 3.27. The molecular weight excluding hydrogens is 464 g/mol. The molecule has 0 aliphatic carbocycles. The summed E-state index contributed by atoms with van der Waals surface area (Å²) in [6, 6.07) is 37.3. The Morgan fingerprint density at radius 1 is 0.667 bits per heavy atom. The van der Waals surface area contributed by atoms with E-state index in [1.54, 1.807) is 0 Å². The summed E-state index contributed by atoms with van der Waals surface area (Å²) in [6.45, 7) is 0. The Morgan fingerprint density at radius 3 is 1.97 bits per heavy atom. The van der Waals surface area contributed by atoms with Gasteiger partial charge in [-0.1, -0.05) is 66.7 Å². The van der Waals surface area contributed by atoms with Gasteiger partial charge in [-0.25, -0.2) is 0 Å². The molecule has 0 fully saturated rings. The lowest BCUT2D eigenvalue weighted by Gasteiger charge is -2.08. The number of amides is 1. The molecule has 0 saturated carbocycles. The van der Waals surface area contributed by atoms with Gasteiger partial charge in [-0.15, -0.1) is 11.8 Å². The first-order chi connectivity index (χ1) is 17.7. The fraction of sp³-hybridized carbons (Fsp3) is 0.0323. The van der Waals surface area contributed by atoms with E-state index in [0.717, 1.165) is 37.5 Å². The van der Waals surface area contributed by atoms with Crippen LogP contribution in [0, 0.1) is 0 Å². The van der Waals surface area contributed by atoms with Crippen LogP contribution in [-0.4, -0.2) is 22.1 Å². The molecular formula is C31H22N2O2S. The number of carbonyl (C=O) groups is 2. The third kappa shape index (κ3) is 4.14. The van der Waals surface area contributed by atoms with Crippen LogP contribution in [0.4, 0.5) is 5.69 Å². The second-order valence-corrected chi connectivity index (χ2v) is 9.64. The predicted molar refractivity (Wildman–Crippen MR) is 149 cm³/mol. The van der Waals surface area contributed by atoms with Crippen molar-refractivity contribution in [3.63, 3.8) is 0 Å². The topological polar surface area (TPSA) is 51.1 Å². The number of nitrogens with one attached hydrogen (secondary N) is 1. The summed E-state index contributed by atoms with van der Waals surface area (Å²) < 4.78 is 1.82. The number of aromatic nitrogens is 1. The maximum Gasteiger partial charge on any atom is 0.255 e. The Labute approximate surface area is 212 Å². The van der Waals surface area contributed by atoms with Crippen molar-refractivity contribution >= 4 is 61.8 Å². The van der Waals surface area contributed by atoms with Gasteiger partial charge in [-0.3, -0.25) is 14.2 Å². The minimum Gasteiger partial charge on any atom is -0.322 e. The highest BCUT2D eigenvalue weighted by molar-refractivity contribution is 8.00. The fourth-order valence-electron chi connectivity index (χ4n) is 4.57. The molecule has 0 aliphatic rings. The number of nitrogens with zero attached hydrogens (tertiary/aromatic N) is 1. The first-order valence-corrected chi connectivity index (χ1v) is 12.7. The van der Waals surface area contributed by atoms with Crippen LogP contribution < -0.4 is 5.32 Å². The third-order valence-electron chi connectivity index (χ3n) is 6.32. The molecule has 5 aromatic carbocycles. The molecule has 0 atom stereocenters. The highest BCUT2D eigenvalue weighted by atomic mass is 32.2. The van der Waals surface area contributed by atoms with Crippen LogP contribution >= 0.6 is 11.8 Å². The molecule has 1 amide bonds. The van der Waals surface area contributed by atoms with Gasteiger partial charge in [0.25, 0.3) is 5.91 Å². The summed E-state index contributed by atoms with van der Waals surface area (Å²) in [6.07, 6.45) is 0. The van der Waals surface area contributed by atoms with Gasteiger partial charge in [0.15, 0.2) is 0 Å². The largest absolute Gasteiger partial charge is 0.322 e. The third-order valence-corrected chi connectivity index (χ3v) is 7.31. The molecule has 6 rings (SSSR count). The lowest BCUT2D eigenvalue weighted by Crippen LogP contribution is -2.13. The number of carbonyl (C=O) groups excluding carboxylic acids is 2. The molecule has 1 heterocycles. The van der Waals surface area contributed by atoms with Crippen molar-refractivity contribution in [2.75, 3.05) is 11.1 Å². The van der Waals surface area contributed by atoms with Crippen LogP contribution in [0.5, 0.6) is 0 Å². The summed E-state index contributed by atoms with van der Waals surface area (Å²) >= 11 is 1.49. The van der Waals surface area contributed by atoms with Gasteiger partial charge in [-0.05, 0) is 59.3 Å². The first kappa shape index (κ1) is 22.1. The fourth-order valence-corrected chi connectivity index (χ4v) is 5.32. The number of benzene rings is 5. The zero-order valence-corrected chi connectivity index (χ0v) is 20.2. The average molecular weight is 487 g/mol. The van der Waals surface area contributed by atoms with E-state index in [1.807, 2.05) is 108 Å². The second-order valence-electron chi connectivity index (χ2n) is 8.59. The van der Waals surface area contributed by atoms with Crippen molar-refractivity contribution in [2.45, 2.75) is 4.90 Å². The SMILES string of the molecule is O=C(Nc1ccc(SCC(=O)n2c3ccccc3c3ccccc32)cc1)c1ccc2ccccc2c1. The van der Waals surface area contributed by atoms with Crippen LogP contribution in [0.25, 0.3) is 32.6 Å². The Balaban J connectivity index is 1.15. The van der Waals surface area contributed by atoms with Crippen LogP contribution in [0.1, 0.15) is 15.2 Å². The molecule has 0 aliphatic heterocycles. The minimum atomic E-state index is -0.150. The van der Waals surface area contributed by atoms with E-state index in [1.165, 1.54) is 11.8 Å². The van der Waals surface area contributed by atoms with E-state index in [-0.39, 0.29) is 11.8 Å². The molecule has 6 aromatic rings. The van der Waals surface area contributed by atoms with Gasteiger partial charge in [0.2, 0.25) is 5.91 Å². The normalized spacial score (nSPS) is 11.2. The Hall–Kier alpha value is -4.35. The number of fused-ring (bicyclic) bond motifs is 4. The molecule has 0 bridgehead atoms. The van der Waals surface area contributed by atoms with Crippen molar-refractivity contribution in [2.24, 2.45) is 0 Å². The Kier molecular flexibility index (Phi) is 5.76. The number of thioether (sulfide) groups is 1. The van der Waals surface area contributed by atoms with Gasteiger partial charge < -0.3 is 5.32 Å². The van der Waals surface area contributed by atoms with Crippen molar-refractivity contribution in [3.05, 3.63) is 121 Å². The second kappa shape index (κ2) is 9.36. The van der Waals surface area contributed by atoms with Crippen LogP contribution in [0.3, 0.4) is 0 Å². The molecule has 174 valence electrons. The van der Waals surface area contributed by atoms with Crippen molar-refractivity contribution in [1.29, 1.82) is 0 Å². The first-order valence-electron chi connectivity index (χ1n) is 11.7. The lowest BCUT2D eigenvalue weighted by atomic mass is 10.1. The van der Waals surface area contributed by atoms with Crippen molar-refractivity contribution < 1.29 is 9.59 Å². The highest BCUT2D eigenvalue weighted by Gasteiger charge is 2.15. The van der Waals surface area contributed by atoms with E-state index in [2.05, 4.69) is 17.4 Å². The summed E-state index contributed by atoms with van der Waals surface area (Å²) in [4.78, 5) is 27.0.